The van der Waals surface area contributed by atoms with Crippen LogP contribution in [0.2, 0.25) is 5.15 Å². The predicted octanol–water partition coefficient (Wildman–Crippen LogP) is 4.18. The van der Waals surface area contributed by atoms with E-state index in [1.807, 2.05) is 0 Å². The van der Waals surface area contributed by atoms with E-state index in [1.54, 1.807) is 20.8 Å². The summed E-state index contributed by atoms with van der Waals surface area (Å²) in [7, 11) is 1.45. The lowest BCUT2D eigenvalue weighted by atomic mass is 10.0. The summed E-state index contributed by atoms with van der Waals surface area (Å²) in [4.78, 5) is 38.0. The number of pyridine rings is 1. The van der Waals surface area contributed by atoms with Gasteiger partial charge in [-0.2, -0.15) is 13.2 Å². The van der Waals surface area contributed by atoms with Gasteiger partial charge in [0.25, 0.3) is 5.91 Å². The Morgan fingerprint density at radius 2 is 1.89 bits per heavy atom. The van der Waals surface area contributed by atoms with E-state index in [9.17, 15) is 22.8 Å². The maximum absolute atomic E-state index is 13.2. The zero-order valence-electron chi connectivity index (χ0n) is 19.5. The number of alkyl halides is 3. The van der Waals surface area contributed by atoms with E-state index >= 15 is 0 Å². The largest absolute Gasteiger partial charge is 0.444 e. The minimum absolute atomic E-state index is 0.0305. The second-order valence-electron chi connectivity index (χ2n) is 8.93. The number of rotatable bonds is 4. The summed E-state index contributed by atoms with van der Waals surface area (Å²) in [6, 6.07) is 4.39. The minimum Gasteiger partial charge on any atom is -0.444 e. The molecule has 2 aromatic heterocycles. The van der Waals surface area contributed by atoms with Crippen LogP contribution in [0.3, 0.4) is 0 Å². The number of nitrogens with one attached hydrogen (secondary N) is 1. The zero-order valence-corrected chi connectivity index (χ0v) is 20.3. The van der Waals surface area contributed by atoms with Crippen molar-refractivity contribution in [3.8, 4) is 11.4 Å². The molecule has 2 amide bonds. The maximum Gasteiger partial charge on any atom is 0.410 e. The van der Waals surface area contributed by atoms with Crippen molar-refractivity contribution in [2.45, 2.75) is 51.2 Å². The molecule has 2 atom stereocenters. The van der Waals surface area contributed by atoms with E-state index in [0.717, 1.165) is 0 Å². The first-order valence-corrected chi connectivity index (χ1v) is 11.0. The number of hydrogen-bond donors (Lipinski definition) is 1. The molecule has 0 unspecified atom stereocenters. The highest BCUT2D eigenvalue weighted by Gasteiger charge is 2.40. The minimum atomic E-state index is -4.50. The fourth-order valence-electron chi connectivity index (χ4n) is 3.45. The summed E-state index contributed by atoms with van der Waals surface area (Å²) in [6.45, 7) is 4.66. The molecule has 0 aliphatic carbocycles. The molecule has 3 rings (SSSR count). The van der Waals surface area contributed by atoms with Gasteiger partial charge in [0.05, 0.1) is 37.0 Å². The summed E-state index contributed by atoms with van der Waals surface area (Å²) < 4.78 is 50.6. The molecule has 3 heterocycles. The van der Waals surface area contributed by atoms with Crippen molar-refractivity contribution in [3.05, 3.63) is 40.9 Å². The summed E-state index contributed by atoms with van der Waals surface area (Å²) in [6.07, 6.45) is -7.55. The number of carbonyl (C=O) groups excluding carboxylic acids is 2. The highest BCUT2D eigenvalue weighted by atomic mass is 35.5. The van der Waals surface area contributed by atoms with Crippen molar-refractivity contribution in [3.63, 3.8) is 0 Å². The van der Waals surface area contributed by atoms with Gasteiger partial charge in [-0.3, -0.25) is 4.79 Å². The summed E-state index contributed by atoms with van der Waals surface area (Å²) in [5.74, 6) is -0.436. The second-order valence-corrected chi connectivity index (χ2v) is 9.31. The van der Waals surface area contributed by atoms with Crippen LogP contribution in [0.1, 0.15) is 49.3 Å². The summed E-state index contributed by atoms with van der Waals surface area (Å²) in [5.41, 5.74) is 0.184. The Morgan fingerprint density at radius 3 is 2.51 bits per heavy atom. The number of hydrogen-bond acceptors (Lipinski definition) is 7. The molecule has 1 N–H and O–H groups in total. The lowest BCUT2D eigenvalue weighted by Crippen LogP contribution is -2.49. The van der Waals surface area contributed by atoms with Crippen LogP contribution in [0.5, 0.6) is 0 Å². The normalized spacial score (nSPS) is 18.8. The number of morpholine rings is 1. The van der Waals surface area contributed by atoms with Crippen LogP contribution < -0.4 is 5.32 Å². The fourth-order valence-corrected chi connectivity index (χ4v) is 3.67. The van der Waals surface area contributed by atoms with Gasteiger partial charge in [-0.05, 0) is 44.5 Å². The number of amides is 2. The molecular formula is C22H25ClF3N5O4. The Labute approximate surface area is 205 Å². The second kappa shape index (κ2) is 10.3. The molecule has 0 spiro atoms. The third-order valence-corrected chi connectivity index (χ3v) is 5.05. The van der Waals surface area contributed by atoms with Crippen molar-refractivity contribution in [1.29, 1.82) is 0 Å². The van der Waals surface area contributed by atoms with Gasteiger partial charge < -0.3 is 19.7 Å². The third-order valence-electron chi connectivity index (χ3n) is 4.86. The van der Waals surface area contributed by atoms with E-state index in [2.05, 4.69) is 20.3 Å². The average Bonchev–Trinajstić information content (AvgIpc) is 2.75. The van der Waals surface area contributed by atoms with Gasteiger partial charge in [0, 0.05) is 7.05 Å². The van der Waals surface area contributed by atoms with Crippen LogP contribution in [-0.4, -0.2) is 69.9 Å². The molecule has 1 aliphatic rings. The van der Waals surface area contributed by atoms with E-state index in [4.69, 9.17) is 21.1 Å². The maximum atomic E-state index is 13.2. The SMILES string of the molecule is CNC(=O)c1cc(-c2cc([C@@H]3CN(C(=O)OC(C)(C)C)C[C@@H](CC(F)(F)F)O3)cc(Cl)n2)ncn1. The first-order valence-electron chi connectivity index (χ1n) is 10.7. The van der Waals surface area contributed by atoms with E-state index in [1.165, 1.54) is 36.5 Å². The van der Waals surface area contributed by atoms with E-state index < -0.39 is 42.4 Å². The first kappa shape index (κ1) is 26.6. The van der Waals surface area contributed by atoms with Gasteiger partial charge in [0.15, 0.2) is 0 Å². The Kier molecular flexibility index (Phi) is 7.85. The molecule has 1 saturated heterocycles. The predicted molar refractivity (Wildman–Crippen MR) is 120 cm³/mol. The van der Waals surface area contributed by atoms with Crippen LogP contribution in [0.25, 0.3) is 11.4 Å². The van der Waals surface area contributed by atoms with Crippen molar-refractivity contribution < 1.29 is 32.2 Å². The molecule has 0 saturated carbocycles. The van der Waals surface area contributed by atoms with Crippen LogP contribution in [-0.2, 0) is 9.47 Å². The van der Waals surface area contributed by atoms with Crippen molar-refractivity contribution in [2.24, 2.45) is 0 Å². The third kappa shape index (κ3) is 7.49. The van der Waals surface area contributed by atoms with E-state index in [-0.39, 0.29) is 35.3 Å². The van der Waals surface area contributed by atoms with Crippen molar-refractivity contribution >= 4 is 23.6 Å². The van der Waals surface area contributed by atoms with Crippen LogP contribution in [0.4, 0.5) is 18.0 Å². The molecule has 13 heteroatoms. The van der Waals surface area contributed by atoms with Crippen LogP contribution >= 0.6 is 11.6 Å². The number of carbonyl (C=O) groups is 2. The Bertz CT molecular complexity index is 1090. The molecule has 1 aliphatic heterocycles. The summed E-state index contributed by atoms with van der Waals surface area (Å²) in [5, 5.41) is 2.48. The van der Waals surface area contributed by atoms with Crippen LogP contribution in [0.15, 0.2) is 24.5 Å². The average molecular weight is 516 g/mol. The van der Waals surface area contributed by atoms with Gasteiger partial charge in [0.2, 0.25) is 0 Å². The number of nitrogens with zero attached hydrogens (tertiary/aromatic N) is 4. The molecular weight excluding hydrogens is 491 g/mol. The Hall–Kier alpha value is -2.99. The fraction of sp³-hybridized carbons (Fsp3) is 0.500. The quantitative estimate of drug-likeness (QED) is 0.609. The highest BCUT2D eigenvalue weighted by Crippen LogP contribution is 2.34. The lowest BCUT2D eigenvalue weighted by molar-refractivity contribution is -0.182. The summed E-state index contributed by atoms with van der Waals surface area (Å²) >= 11 is 6.20. The van der Waals surface area contributed by atoms with Crippen molar-refractivity contribution in [1.82, 2.24) is 25.2 Å². The van der Waals surface area contributed by atoms with Gasteiger partial charge in [-0.25, -0.2) is 19.7 Å². The molecule has 2 aromatic rings. The number of ether oxygens (including phenoxy) is 2. The zero-order chi connectivity index (χ0) is 26.0. The van der Waals surface area contributed by atoms with Gasteiger partial charge in [-0.15, -0.1) is 0 Å². The molecule has 0 aromatic carbocycles. The monoisotopic (exact) mass is 515 g/mol. The highest BCUT2D eigenvalue weighted by molar-refractivity contribution is 6.29. The Morgan fingerprint density at radius 1 is 1.17 bits per heavy atom. The van der Waals surface area contributed by atoms with Gasteiger partial charge in [0.1, 0.15) is 28.9 Å². The molecule has 1 fully saturated rings. The van der Waals surface area contributed by atoms with Crippen LogP contribution in [0, 0.1) is 0 Å². The number of aromatic nitrogens is 3. The topological polar surface area (TPSA) is 107 Å². The number of halogens is 4. The van der Waals surface area contributed by atoms with E-state index in [0.29, 0.717) is 5.56 Å². The molecule has 35 heavy (non-hydrogen) atoms. The molecule has 0 radical (unpaired) electrons. The molecule has 9 nitrogen and oxygen atoms in total. The van der Waals surface area contributed by atoms with Crippen molar-refractivity contribution in [2.75, 3.05) is 20.1 Å². The van der Waals surface area contributed by atoms with Gasteiger partial charge in [-0.1, -0.05) is 11.6 Å². The first-order chi connectivity index (χ1) is 16.2. The smallest absolute Gasteiger partial charge is 0.410 e. The lowest BCUT2D eigenvalue weighted by Gasteiger charge is -2.39. The Balaban J connectivity index is 1.95. The molecule has 190 valence electrons. The molecule has 0 bridgehead atoms. The van der Waals surface area contributed by atoms with Gasteiger partial charge >= 0.3 is 12.3 Å². The standard InChI is InChI=1S/C22H25ClF3N5O4/c1-21(2,3)35-20(33)31-9-13(8-22(24,25)26)34-17(10-31)12-5-15(30-18(23)6-12)14-7-16(19(32)27-4)29-11-28-14/h5-7,11,13,17H,8-10H2,1-4H3,(H,27,32)/t13-,17+/m1/s1.